The normalized spacial score (nSPS) is 15.6. The third kappa shape index (κ3) is 4.76. The van der Waals surface area contributed by atoms with Crippen molar-refractivity contribution >= 4 is 22.8 Å². The Morgan fingerprint density at radius 1 is 1.21 bits per heavy atom. The van der Waals surface area contributed by atoms with Gasteiger partial charge >= 0.3 is 0 Å². The summed E-state index contributed by atoms with van der Waals surface area (Å²) in [5, 5.41) is 12.6. The molecule has 0 spiro atoms. The topological polar surface area (TPSA) is 91.1 Å². The second-order valence-corrected chi connectivity index (χ2v) is 7.02. The SMILES string of the molecule is COCCCNC(=O)[C@H](C#N)c1nc2ccccc2nc1N1CCCCCC1. The highest BCUT2D eigenvalue weighted by atomic mass is 16.5. The lowest BCUT2D eigenvalue weighted by Gasteiger charge is -2.25. The minimum atomic E-state index is -0.988. The van der Waals surface area contributed by atoms with Crippen molar-refractivity contribution in [2.75, 3.05) is 38.3 Å². The van der Waals surface area contributed by atoms with E-state index in [4.69, 9.17) is 14.7 Å². The molecule has 1 atom stereocenters. The maximum atomic E-state index is 12.7. The maximum Gasteiger partial charge on any atom is 0.243 e. The zero-order valence-electron chi connectivity index (χ0n) is 16.4. The van der Waals surface area contributed by atoms with Crippen LogP contribution in [0.1, 0.15) is 43.7 Å². The molecule has 148 valence electrons. The predicted molar refractivity (Wildman–Crippen MR) is 108 cm³/mol. The molecule has 0 aliphatic carbocycles. The predicted octanol–water partition coefficient (Wildman–Crippen LogP) is 2.77. The fourth-order valence-electron chi connectivity index (χ4n) is 3.49. The quantitative estimate of drug-likeness (QED) is 0.742. The monoisotopic (exact) mass is 381 g/mol. The molecular weight excluding hydrogens is 354 g/mol. The van der Waals surface area contributed by atoms with E-state index in [1.807, 2.05) is 24.3 Å². The van der Waals surface area contributed by atoms with Crippen molar-refractivity contribution in [2.45, 2.75) is 38.0 Å². The van der Waals surface area contributed by atoms with Gasteiger partial charge in [0.05, 0.1) is 17.1 Å². The number of methoxy groups -OCH3 is 1. The van der Waals surface area contributed by atoms with Crippen molar-refractivity contribution in [1.29, 1.82) is 5.26 Å². The zero-order valence-corrected chi connectivity index (χ0v) is 16.4. The van der Waals surface area contributed by atoms with Gasteiger partial charge in [0, 0.05) is 33.4 Å². The van der Waals surface area contributed by atoms with Gasteiger partial charge in [-0.3, -0.25) is 4.79 Å². The van der Waals surface area contributed by atoms with E-state index in [1.54, 1.807) is 7.11 Å². The van der Waals surface area contributed by atoms with Crippen LogP contribution in [0.5, 0.6) is 0 Å². The van der Waals surface area contributed by atoms with Gasteiger partial charge in [0.15, 0.2) is 11.7 Å². The summed E-state index contributed by atoms with van der Waals surface area (Å²) in [7, 11) is 1.62. The molecule has 3 rings (SSSR count). The largest absolute Gasteiger partial charge is 0.385 e. The minimum absolute atomic E-state index is 0.334. The van der Waals surface area contributed by atoms with Gasteiger partial charge in [-0.05, 0) is 31.4 Å². The number of para-hydroxylation sites is 2. The first-order valence-corrected chi connectivity index (χ1v) is 9.92. The smallest absolute Gasteiger partial charge is 0.243 e. The number of hydrogen-bond acceptors (Lipinski definition) is 6. The Morgan fingerprint density at radius 3 is 2.54 bits per heavy atom. The Morgan fingerprint density at radius 2 is 1.89 bits per heavy atom. The summed E-state index contributed by atoms with van der Waals surface area (Å²) in [6.07, 6.45) is 5.23. The Hall–Kier alpha value is -2.72. The highest BCUT2D eigenvalue weighted by molar-refractivity contribution is 5.88. The minimum Gasteiger partial charge on any atom is -0.385 e. The molecule has 1 saturated heterocycles. The fourth-order valence-corrected chi connectivity index (χ4v) is 3.49. The van der Waals surface area contributed by atoms with Gasteiger partial charge in [-0.2, -0.15) is 5.26 Å². The lowest BCUT2D eigenvalue weighted by atomic mass is 10.0. The average Bonchev–Trinajstić information content (AvgIpc) is 3.01. The van der Waals surface area contributed by atoms with Crippen molar-refractivity contribution in [3.63, 3.8) is 0 Å². The molecule has 0 unspecified atom stereocenters. The van der Waals surface area contributed by atoms with Gasteiger partial charge in [-0.25, -0.2) is 9.97 Å². The van der Waals surface area contributed by atoms with Crippen LogP contribution in [0.15, 0.2) is 24.3 Å². The number of nitrogens with one attached hydrogen (secondary N) is 1. The first-order chi connectivity index (χ1) is 13.7. The number of nitriles is 1. The second-order valence-electron chi connectivity index (χ2n) is 7.02. The summed E-state index contributed by atoms with van der Waals surface area (Å²) in [6.45, 7) is 2.76. The van der Waals surface area contributed by atoms with Gasteiger partial charge in [-0.15, -0.1) is 0 Å². The molecule has 2 aromatic rings. The standard InChI is InChI=1S/C21H27N5O2/c1-28-14-8-11-23-21(27)16(15-22)19-20(26-12-6-2-3-7-13-26)25-18-10-5-4-9-17(18)24-19/h4-5,9-10,16H,2-3,6-8,11-14H2,1H3,(H,23,27)/t16-/m1/s1. The fraction of sp³-hybridized carbons (Fsp3) is 0.524. The van der Waals surface area contributed by atoms with Crippen molar-refractivity contribution in [2.24, 2.45) is 0 Å². The van der Waals surface area contributed by atoms with E-state index in [0.29, 0.717) is 36.6 Å². The van der Waals surface area contributed by atoms with Crippen LogP contribution in [-0.4, -0.2) is 49.2 Å². The Bertz CT molecular complexity index is 840. The van der Waals surface area contributed by atoms with Crippen LogP contribution in [0.3, 0.4) is 0 Å². The maximum absolute atomic E-state index is 12.7. The number of amides is 1. The number of carbonyl (C=O) groups is 1. The van der Waals surface area contributed by atoms with E-state index < -0.39 is 5.92 Å². The van der Waals surface area contributed by atoms with E-state index in [9.17, 15) is 10.1 Å². The van der Waals surface area contributed by atoms with Crippen molar-refractivity contribution in [3.05, 3.63) is 30.0 Å². The first-order valence-electron chi connectivity index (χ1n) is 9.92. The molecular formula is C21H27N5O2. The number of hydrogen-bond donors (Lipinski definition) is 1. The van der Waals surface area contributed by atoms with E-state index in [1.165, 1.54) is 12.8 Å². The van der Waals surface area contributed by atoms with Crippen molar-refractivity contribution in [1.82, 2.24) is 15.3 Å². The second kappa shape index (κ2) is 10.00. The lowest BCUT2D eigenvalue weighted by Crippen LogP contribution is -2.33. The molecule has 0 bridgehead atoms. The highest BCUT2D eigenvalue weighted by Gasteiger charge is 2.28. The molecule has 7 nitrogen and oxygen atoms in total. The number of anilines is 1. The number of aromatic nitrogens is 2. The highest BCUT2D eigenvalue weighted by Crippen LogP contribution is 2.29. The van der Waals surface area contributed by atoms with Crippen LogP contribution >= 0.6 is 0 Å². The third-order valence-electron chi connectivity index (χ3n) is 4.97. The third-order valence-corrected chi connectivity index (χ3v) is 4.97. The Balaban J connectivity index is 1.95. The first kappa shape index (κ1) is 20.0. The average molecular weight is 381 g/mol. The Labute approximate surface area is 165 Å². The summed E-state index contributed by atoms with van der Waals surface area (Å²) >= 11 is 0. The van der Waals surface area contributed by atoms with Gasteiger partial charge in [0.25, 0.3) is 0 Å². The molecule has 1 aromatic carbocycles. The van der Waals surface area contributed by atoms with Gasteiger partial charge in [0.1, 0.15) is 5.69 Å². The van der Waals surface area contributed by atoms with Crippen LogP contribution in [0.4, 0.5) is 5.82 Å². The molecule has 1 fully saturated rings. The molecule has 1 amide bonds. The molecule has 7 heteroatoms. The van der Waals surface area contributed by atoms with Crippen LogP contribution in [-0.2, 0) is 9.53 Å². The van der Waals surface area contributed by atoms with E-state index >= 15 is 0 Å². The van der Waals surface area contributed by atoms with Crippen LogP contribution < -0.4 is 10.2 Å². The van der Waals surface area contributed by atoms with Gasteiger partial charge < -0.3 is 15.0 Å². The number of fused-ring (bicyclic) bond motifs is 1. The number of nitrogens with zero attached hydrogens (tertiary/aromatic N) is 4. The van der Waals surface area contributed by atoms with Crippen molar-refractivity contribution in [3.8, 4) is 6.07 Å². The summed E-state index contributed by atoms with van der Waals surface area (Å²) < 4.78 is 5.01. The summed E-state index contributed by atoms with van der Waals surface area (Å²) in [5.74, 6) is -0.656. The molecule has 1 N–H and O–H groups in total. The van der Waals surface area contributed by atoms with Crippen molar-refractivity contribution < 1.29 is 9.53 Å². The van der Waals surface area contributed by atoms with E-state index in [-0.39, 0.29) is 5.91 Å². The molecule has 2 heterocycles. The molecule has 1 aromatic heterocycles. The van der Waals surface area contributed by atoms with E-state index in [0.717, 1.165) is 31.4 Å². The molecule has 0 saturated carbocycles. The number of carbonyl (C=O) groups excluding carboxylic acids is 1. The molecule has 0 radical (unpaired) electrons. The summed E-state index contributed by atoms with van der Waals surface area (Å²) in [4.78, 5) is 24.4. The molecule has 28 heavy (non-hydrogen) atoms. The molecule has 1 aliphatic heterocycles. The summed E-state index contributed by atoms with van der Waals surface area (Å²) in [5.41, 5.74) is 1.93. The Kier molecular flexibility index (Phi) is 7.15. The van der Waals surface area contributed by atoms with Crippen LogP contribution in [0, 0.1) is 11.3 Å². The van der Waals surface area contributed by atoms with E-state index in [2.05, 4.69) is 16.3 Å². The number of ether oxygens (including phenoxy) is 1. The number of rotatable bonds is 7. The van der Waals surface area contributed by atoms with Crippen LogP contribution in [0.2, 0.25) is 0 Å². The van der Waals surface area contributed by atoms with Gasteiger partial charge in [0.2, 0.25) is 5.91 Å². The number of benzene rings is 1. The van der Waals surface area contributed by atoms with Crippen LogP contribution in [0.25, 0.3) is 11.0 Å². The summed E-state index contributed by atoms with van der Waals surface area (Å²) in [6, 6.07) is 9.74. The molecule has 1 aliphatic rings. The lowest BCUT2D eigenvalue weighted by molar-refractivity contribution is -0.121. The van der Waals surface area contributed by atoms with Gasteiger partial charge in [-0.1, -0.05) is 25.0 Å². The zero-order chi connectivity index (χ0) is 19.8.